The standard InChI is InChI=1S/C24H24BrFN2O3S/c1-15-11-16(2)23(17(3)12-15)32(30,31)28-22(13-18-7-5-4-6-8-18)24(29)27-21-10-9-19(25)14-20(21)26/h4-12,14,22,28H,13H2,1-3H3,(H,27,29). The van der Waals surface area contributed by atoms with E-state index in [1.54, 1.807) is 44.2 Å². The van der Waals surface area contributed by atoms with E-state index < -0.39 is 27.8 Å². The number of carbonyl (C=O) groups excluding carboxylic acids is 1. The monoisotopic (exact) mass is 518 g/mol. The van der Waals surface area contributed by atoms with Gasteiger partial charge in [-0.2, -0.15) is 4.72 Å². The van der Waals surface area contributed by atoms with Crippen LogP contribution in [0.1, 0.15) is 22.3 Å². The van der Waals surface area contributed by atoms with Gasteiger partial charge in [0.2, 0.25) is 15.9 Å². The Labute approximate surface area is 196 Å². The summed E-state index contributed by atoms with van der Waals surface area (Å²) in [5.41, 5.74) is 2.87. The molecule has 3 rings (SSSR count). The summed E-state index contributed by atoms with van der Waals surface area (Å²) >= 11 is 3.18. The molecule has 0 aliphatic rings. The third-order valence-corrected chi connectivity index (χ3v) is 7.23. The zero-order valence-corrected chi connectivity index (χ0v) is 20.3. The highest BCUT2D eigenvalue weighted by molar-refractivity contribution is 9.10. The Hall–Kier alpha value is -2.55. The van der Waals surface area contributed by atoms with Crippen molar-refractivity contribution in [3.8, 4) is 0 Å². The molecule has 1 amide bonds. The van der Waals surface area contributed by atoms with E-state index in [0.717, 1.165) is 11.1 Å². The molecule has 0 saturated heterocycles. The average molecular weight is 519 g/mol. The van der Waals surface area contributed by atoms with E-state index in [2.05, 4.69) is 26.0 Å². The molecule has 0 spiro atoms. The molecule has 0 aromatic heterocycles. The maximum absolute atomic E-state index is 14.3. The van der Waals surface area contributed by atoms with E-state index in [1.165, 1.54) is 12.1 Å². The molecule has 0 aliphatic heterocycles. The van der Waals surface area contributed by atoms with Gasteiger partial charge in [-0.3, -0.25) is 4.79 Å². The first-order valence-electron chi connectivity index (χ1n) is 9.97. The Kier molecular flexibility index (Phi) is 7.48. The van der Waals surface area contributed by atoms with Gasteiger partial charge >= 0.3 is 0 Å². The number of halogens is 2. The Morgan fingerprint density at radius 3 is 2.22 bits per heavy atom. The third-order valence-electron chi connectivity index (χ3n) is 4.96. The number of anilines is 1. The number of hydrogen-bond donors (Lipinski definition) is 2. The number of benzene rings is 3. The van der Waals surface area contributed by atoms with Gasteiger partial charge < -0.3 is 5.32 Å². The lowest BCUT2D eigenvalue weighted by Crippen LogP contribution is -2.45. The van der Waals surface area contributed by atoms with Gasteiger partial charge in [0.1, 0.15) is 11.9 Å². The summed E-state index contributed by atoms with van der Waals surface area (Å²) in [6.45, 7) is 5.33. The lowest BCUT2D eigenvalue weighted by atomic mass is 10.1. The maximum Gasteiger partial charge on any atom is 0.242 e. The summed E-state index contributed by atoms with van der Waals surface area (Å²) in [4.78, 5) is 13.2. The van der Waals surface area contributed by atoms with Crippen LogP contribution in [-0.2, 0) is 21.2 Å². The average Bonchev–Trinajstić information content (AvgIpc) is 2.69. The first-order valence-corrected chi connectivity index (χ1v) is 12.2. The lowest BCUT2D eigenvalue weighted by Gasteiger charge is -2.21. The van der Waals surface area contributed by atoms with Crippen molar-refractivity contribution in [2.24, 2.45) is 0 Å². The zero-order chi connectivity index (χ0) is 23.5. The minimum Gasteiger partial charge on any atom is -0.322 e. The molecule has 1 unspecified atom stereocenters. The second-order valence-electron chi connectivity index (χ2n) is 7.70. The molecule has 8 heteroatoms. The van der Waals surface area contributed by atoms with Crippen LogP contribution >= 0.6 is 15.9 Å². The minimum atomic E-state index is -4.02. The number of hydrogen-bond acceptors (Lipinski definition) is 3. The maximum atomic E-state index is 14.3. The Balaban J connectivity index is 1.94. The Morgan fingerprint density at radius 2 is 1.62 bits per heavy atom. The molecule has 0 aliphatic carbocycles. The van der Waals surface area contributed by atoms with Crippen LogP contribution in [0.4, 0.5) is 10.1 Å². The lowest BCUT2D eigenvalue weighted by molar-refractivity contribution is -0.117. The second kappa shape index (κ2) is 9.94. The molecule has 0 heterocycles. The van der Waals surface area contributed by atoms with E-state index in [0.29, 0.717) is 15.6 Å². The summed E-state index contributed by atoms with van der Waals surface area (Å²) in [5, 5.41) is 2.51. The number of rotatable bonds is 7. The van der Waals surface area contributed by atoms with Crippen LogP contribution in [0.15, 0.2) is 70.0 Å². The molecule has 1 atom stereocenters. The van der Waals surface area contributed by atoms with Crippen LogP contribution in [0.3, 0.4) is 0 Å². The van der Waals surface area contributed by atoms with Crippen molar-refractivity contribution in [2.75, 3.05) is 5.32 Å². The zero-order valence-electron chi connectivity index (χ0n) is 17.9. The molecule has 3 aromatic carbocycles. The van der Waals surface area contributed by atoms with E-state index >= 15 is 0 Å². The topological polar surface area (TPSA) is 75.3 Å². The molecule has 0 radical (unpaired) electrons. The van der Waals surface area contributed by atoms with E-state index in [4.69, 9.17) is 0 Å². The highest BCUT2D eigenvalue weighted by Gasteiger charge is 2.29. The van der Waals surface area contributed by atoms with Gasteiger partial charge in [0.25, 0.3) is 0 Å². The molecule has 5 nitrogen and oxygen atoms in total. The van der Waals surface area contributed by atoms with Crippen molar-refractivity contribution in [1.82, 2.24) is 4.72 Å². The van der Waals surface area contributed by atoms with Crippen LogP contribution in [0.25, 0.3) is 0 Å². The third kappa shape index (κ3) is 5.82. The largest absolute Gasteiger partial charge is 0.322 e. The van der Waals surface area contributed by atoms with Crippen molar-refractivity contribution in [3.63, 3.8) is 0 Å². The molecular weight excluding hydrogens is 495 g/mol. The van der Waals surface area contributed by atoms with Crippen LogP contribution in [-0.4, -0.2) is 20.4 Å². The minimum absolute atomic E-state index is 0.0295. The molecule has 168 valence electrons. The number of amides is 1. The van der Waals surface area contributed by atoms with Gasteiger partial charge in [0.15, 0.2) is 0 Å². The fraction of sp³-hybridized carbons (Fsp3) is 0.208. The van der Waals surface area contributed by atoms with Gasteiger partial charge in [0.05, 0.1) is 10.6 Å². The van der Waals surface area contributed by atoms with E-state index in [1.807, 2.05) is 25.1 Å². The van der Waals surface area contributed by atoms with Crippen LogP contribution < -0.4 is 10.0 Å². The fourth-order valence-corrected chi connectivity index (χ4v) is 5.67. The summed E-state index contributed by atoms with van der Waals surface area (Å²) in [6, 6.07) is 15.7. The highest BCUT2D eigenvalue weighted by Crippen LogP contribution is 2.23. The fourth-order valence-electron chi connectivity index (χ4n) is 3.69. The predicted octanol–water partition coefficient (Wildman–Crippen LogP) is 5.04. The number of nitrogens with one attached hydrogen (secondary N) is 2. The van der Waals surface area contributed by atoms with Crippen molar-refractivity contribution in [1.29, 1.82) is 0 Å². The quantitative estimate of drug-likeness (QED) is 0.459. The van der Waals surface area contributed by atoms with Crippen molar-refractivity contribution >= 4 is 37.5 Å². The first-order chi connectivity index (χ1) is 15.1. The van der Waals surface area contributed by atoms with Crippen molar-refractivity contribution in [2.45, 2.75) is 38.1 Å². The molecule has 2 N–H and O–H groups in total. The van der Waals surface area contributed by atoms with Gasteiger partial charge in [-0.15, -0.1) is 0 Å². The normalized spacial score (nSPS) is 12.4. The Bertz CT molecular complexity index is 1220. The highest BCUT2D eigenvalue weighted by atomic mass is 79.9. The number of sulfonamides is 1. The SMILES string of the molecule is Cc1cc(C)c(S(=O)(=O)NC(Cc2ccccc2)C(=O)Nc2ccc(Br)cc2F)c(C)c1. The van der Waals surface area contributed by atoms with Crippen molar-refractivity contribution in [3.05, 3.63) is 93.2 Å². The van der Waals surface area contributed by atoms with E-state index in [-0.39, 0.29) is 17.0 Å². The van der Waals surface area contributed by atoms with Crippen LogP contribution in [0, 0.1) is 26.6 Å². The first kappa shape index (κ1) is 24.1. The predicted molar refractivity (Wildman–Crippen MR) is 128 cm³/mol. The Morgan fingerprint density at radius 1 is 1.00 bits per heavy atom. The molecule has 32 heavy (non-hydrogen) atoms. The van der Waals surface area contributed by atoms with Crippen molar-refractivity contribution < 1.29 is 17.6 Å². The molecule has 0 saturated carbocycles. The molecular formula is C24H24BrFN2O3S. The summed E-state index contributed by atoms with van der Waals surface area (Å²) in [7, 11) is -4.02. The summed E-state index contributed by atoms with van der Waals surface area (Å²) in [5.74, 6) is -1.28. The summed E-state index contributed by atoms with van der Waals surface area (Å²) < 4.78 is 43.9. The van der Waals surface area contributed by atoms with Crippen LogP contribution in [0.2, 0.25) is 0 Å². The number of aryl methyl sites for hydroxylation is 3. The van der Waals surface area contributed by atoms with Gasteiger partial charge in [-0.05, 0) is 62.1 Å². The number of carbonyl (C=O) groups is 1. The smallest absolute Gasteiger partial charge is 0.242 e. The van der Waals surface area contributed by atoms with Crippen LogP contribution in [0.5, 0.6) is 0 Å². The van der Waals surface area contributed by atoms with E-state index in [9.17, 15) is 17.6 Å². The van der Waals surface area contributed by atoms with Gasteiger partial charge in [-0.25, -0.2) is 12.8 Å². The molecule has 3 aromatic rings. The second-order valence-corrected chi connectivity index (χ2v) is 10.3. The van der Waals surface area contributed by atoms with Gasteiger partial charge in [0, 0.05) is 4.47 Å². The molecule has 0 bridgehead atoms. The summed E-state index contributed by atoms with van der Waals surface area (Å²) in [6.07, 6.45) is 0.105. The molecule has 0 fully saturated rings. The van der Waals surface area contributed by atoms with Gasteiger partial charge in [-0.1, -0.05) is 64.0 Å².